The Bertz CT molecular complexity index is 793. The molecule has 1 saturated heterocycles. The van der Waals surface area contributed by atoms with Crippen LogP contribution < -0.4 is 16.0 Å². The van der Waals surface area contributed by atoms with Gasteiger partial charge < -0.3 is 16.0 Å². The summed E-state index contributed by atoms with van der Waals surface area (Å²) in [5.74, 6) is -1.30. The number of sulfonamides is 1. The number of hydrogen-bond acceptors (Lipinski definition) is 5. The van der Waals surface area contributed by atoms with Crippen molar-refractivity contribution in [1.29, 1.82) is 0 Å². The zero-order chi connectivity index (χ0) is 18.6. The lowest BCUT2D eigenvalue weighted by Crippen LogP contribution is -2.49. The molecule has 1 fully saturated rings. The van der Waals surface area contributed by atoms with E-state index < -0.39 is 22.0 Å². The minimum atomic E-state index is -3.89. The molecule has 1 aromatic carbocycles. The molecule has 0 aliphatic carbocycles. The third-order valence-electron chi connectivity index (χ3n) is 3.72. The Hall–Kier alpha value is -2.46. The second kappa shape index (κ2) is 7.62. The molecule has 1 heterocycles. The van der Waals surface area contributed by atoms with Gasteiger partial charge in [0, 0.05) is 25.7 Å². The molecule has 0 radical (unpaired) electrons. The van der Waals surface area contributed by atoms with Gasteiger partial charge in [0.25, 0.3) is 5.91 Å². The number of nitrogens with zero attached hydrogens (tertiary/aromatic N) is 1. The molecule has 3 N–H and O–H groups in total. The van der Waals surface area contributed by atoms with Crippen LogP contribution in [0.2, 0.25) is 0 Å². The van der Waals surface area contributed by atoms with E-state index in [0.717, 1.165) is 4.31 Å². The summed E-state index contributed by atoms with van der Waals surface area (Å²) in [6.45, 7) is 1.66. The van der Waals surface area contributed by atoms with Gasteiger partial charge in [-0.1, -0.05) is 6.07 Å². The van der Waals surface area contributed by atoms with E-state index in [1.54, 1.807) is 0 Å². The topological polar surface area (TPSA) is 125 Å². The van der Waals surface area contributed by atoms with Gasteiger partial charge in [0.2, 0.25) is 21.8 Å². The Kier molecular flexibility index (Phi) is 5.75. The third kappa shape index (κ3) is 4.34. The largest absolute Gasteiger partial charge is 0.357 e. The van der Waals surface area contributed by atoms with Crippen molar-refractivity contribution in [3.05, 3.63) is 29.8 Å². The van der Waals surface area contributed by atoms with Gasteiger partial charge in [-0.2, -0.15) is 4.31 Å². The van der Waals surface area contributed by atoms with Gasteiger partial charge in [-0.25, -0.2) is 8.42 Å². The second-order valence-electron chi connectivity index (χ2n) is 5.53. The van der Waals surface area contributed by atoms with E-state index >= 15 is 0 Å². The second-order valence-corrected chi connectivity index (χ2v) is 7.46. The van der Waals surface area contributed by atoms with Gasteiger partial charge in [-0.3, -0.25) is 14.4 Å². The molecule has 0 bridgehead atoms. The summed E-state index contributed by atoms with van der Waals surface area (Å²) in [6.07, 6.45) is 0. The van der Waals surface area contributed by atoms with Gasteiger partial charge in [0.05, 0.1) is 11.4 Å². The summed E-state index contributed by atoms with van der Waals surface area (Å²) >= 11 is 0. The molecule has 3 amide bonds. The van der Waals surface area contributed by atoms with Gasteiger partial charge >= 0.3 is 0 Å². The molecule has 136 valence electrons. The average molecular weight is 368 g/mol. The zero-order valence-corrected chi connectivity index (χ0v) is 14.7. The standard InChI is InChI=1S/C15H20N4O5S/c1-10(14(21)16-2)18-15(22)11-4-3-5-12(8-11)25(23,24)19-7-6-17-13(20)9-19/h3-5,8,10H,6-7,9H2,1-2H3,(H,16,21)(H,17,20)(H,18,22)/t10-/m1/s1. The van der Waals surface area contributed by atoms with Crippen molar-refractivity contribution >= 4 is 27.7 Å². The van der Waals surface area contributed by atoms with E-state index in [2.05, 4.69) is 16.0 Å². The van der Waals surface area contributed by atoms with Crippen molar-refractivity contribution in [2.45, 2.75) is 17.9 Å². The van der Waals surface area contributed by atoms with Crippen molar-refractivity contribution in [2.75, 3.05) is 26.7 Å². The van der Waals surface area contributed by atoms with E-state index in [9.17, 15) is 22.8 Å². The highest BCUT2D eigenvalue weighted by molar-refractivity contribution is 7.89. The van der Waals surface area contributed by atoms with Crippen molar-refractivity contribution in [2.24, 2.45) is 0 Å². The normalized spacial score (nSPS) is 16.6. The summed E-state index contributed by atoms with van der Waals surface area (Å²) in [6, 6.07) is 4.72. The summed E-state index contributed by atoms with van der Waals surface area (Å²) < 4.78 is 26.3. The molecule has 1 aromatic rings. The van der Waals surface area contributed by atoms with Crippen molar-refractivity contribution in [3.8, 4) is 0 Å². The fourth-order valence-corrected chi connectivity index (χ4v) is 3.77. The van der Waals surface area contributed by atoms with Crippen LogP contribution in [-0.2, 0) is 19.6 Å². The fraction of sp³-hybridized carbons (Fsp3) is 0.400. The first-order valence-corrected chi connectivity index (χ1v) is 9.09. The van der Waals surface area contributed by atoms with Crippen LogP contribution in [0.25, 0.3) is 0 Å². The molecule has 9 nitrogen and oxygen atoms in total. The molecule has 1 aliphatic heterocycles. The zero-order valence-electron chi connectivity index (χ0n) is 13.9. The fourth-order valence-electron chi connectivity index (χ4n) is 2.33. The van der Waals surface area contributed by atoms with Crippen LogP contribution in [-0.4, -0.2) is 63.2 Å². The molecular formula is C15H20N4O5S. The Morgan fingerprint density at radius 1 is 1.32 bits per heavy atom. The number of hydrogen-bond donors (Lipinski definition) is 3. The molecule has 10 heteroatoms. The minimum Gasteiger partial charge on any atom is -0.357 e. The summed E-state index contributed by atoms with van der Waals surface area (Å²) in [7, 11) is -2.44. The highest BCUT2D eigenvalue weighted by Gasteiger charge is 2.29. The SMILES string of the molecule is CNC(=O)[C@@H](C)NC(=O)c1cccc(S(=O)(=O)N2CCNC(=O)C2)c1. The first-order valence-electron chi connectivity index (χ1n) is 7.65. The minimum absolute atomic E-state index is 0.0811. The van der Waals surface area contributed by atoms with Crippen LogP contribution in [0.1, 0.15) is 17.3 Å². The first kappa shape index (κ1) is 18.9. The van der Waals surface area contributed by atoms with E-state index in [4.69, 9.17) is 0 Å². The highest BCUT2D eigenvalue weighted by atomic mass is 32.2. The number of piperazine rings is 1. The van der Waals surface area contributed by atoms with Crippen LogP contribution in [0, 0.1) is 0 Å². The van der Waals surface area contributed by atoms with Crippen LogP contribution in [0.3, 0.4) is 0 Å². The molecule has 1 atom stereocenters. The van der Waals surface area contributed by atoms with Crippen LogP contribution in [0.15, 0.2) is 29.2 Å². The molecule has 0 unspecified atom stereocenters. The van der Waals surface area contributed by atoms with Gasteiger partial charge in [0.1, 0.15) is 6.04 Å². The number of amides is 3. The molecular weight excluding hydrogens is 348 g/mol. The maximum atomic E-state index is 12.6. The Morgan fingerprint density at radius 2 is 2.04 bits per heavy atom. The predicted molar refractivity (Wildman–Crippen MR) is 89.2 cm³/mol. The Balaban J connectivity index is 2.21. The van der Waals surface area contributed by atoms with E-state index in [1.165, 1.54) is 38.2 Å². The molecule has 0 spiro atoms. The number of carbonyl (C=O) groups excluding carboxylic acids is 3. The lowest BCUT2D eigenvalue weighted by molar-refractivity contribution is -0.123. The number of rotatable bonds is 5. The summed E-state index contributed by atoms with van der Waals surface area (Å²) in [5, 5.41) is 7.45. The van der Waals surface area contributed by atoms with Gasteiger partial charge in [0.15, 0.2) is 0 Å². The maximum Gasteiger partial charge on any atom is 0.251 e. The van der Waals surface area contributed by atoms with E-state index in [1.807, 2.05) is 0 Å². The highest BCUT2D eigenvalue weighted by Crippen LogP contribution is 2.18. The number of likely N-dealkylation sites (N-methyl/N-ethyl adjacent to an activating group) is 1. The quantitative estimate of drug-likeness (QED) is 0.594. The van der Waals surface area contributed by atoms with Gasteiger partial charge in [-0.05, 0) is 25.1 Å². The summed E-state index contributed by atoms with van der Waals surface area (Å²) in [5.41, 5.74) is 0.110. The lowest BCUT2D eigenvalue weighted by Gasteiger charge is -2.26. The van der Waals surface area contributed by atoms with E-state index in [-0.39, 0.29) is 41.9 Å². The molecule has 0 aromatic heterocycles. The van der Waals surface area contributed by atoms with Crippen molar-refractivity contribution in [3.63, 3.8) is 0 Å². The third-order valence-corrected chi connectivity index (χ3v) is 5.57. The van der Waals surface area contributed by atoms with E-state index in [0.29, 0.717) is 0 Å². The maximum absolute atomic E-state index is 12.6. The van der Waals surface area contributed by atoms with Crippen molar-refractivity contribution < 1.29 is 22.8 Å². The monoisotopic (exact) mass is 368 g/mol. The number of benzene rings is 1. The Labute approximate surface area is 145 Å². The van der Waals surface area contributed by atoms with Crippen LogP contribution >= 0.6 is 0 Å². The lowest BCUT2D eigenvalue weighted by atomic mass is 10.2. The Morgan fingerprint density at radius 3 is 2.68 bits per heavy atom. The van der Waals surface area contributed by atoms with Gasteiger partial charge in [-0.15, -0.1) is 0 Å². The molecule has 25 heavy (non-hydrogen) atoms. The number of carbonyl (C=O) groups is 3. The van der Waals surface area contributed by atoms with Crippen LogP contribution in [0.4, 0.5) is 0 Å². The smallest absolute Gasteiger partial charge is 0.251 e. The molecule has 2 rings (SSSR count). The predicted octanol–water partition coefficient (Wildman–Crippen LogP) is -1.33. The summed E-state index contributed by atoms with van der Waals surface area (Å²) in [4.78, 5) is 35.0. The average Bonchev–Trinajstić information content (AvgIpc) is 2.61. The van der Waals surface area contributed by atoms with Crippen LogP contribution in [0.5, 0.6) is 0 Å². The number of nitrogens with one attached hydrogen (secondary N) is 3. The first-order chi connectivity index (χ1) is 11.8. The van der Waals surface area contributed by atoms with Crippen molar-refractivity contribution in [1.82, 2.24) is 20.3 Å². The molecule has 1 aliphatic rings. The molecule has 0 saturated carbocycles.